The van der Waals surface area contributed by atoms with E-state index >= 15 is 0 Å². The molecule has 0 aliphatic heterocycles. The SMILES string of the molecule is NCc1cc(OCCOCCON)ccc1OCCOCCON. The molecule has 0 aliphatic carbocycles. The molecule has 6 N–H and O–H groups in total. The first-order chi connectivity index (χ1) is 11.8. The van der Waals surface area contributed by atoms with Gasteiger partial charge in [0.15, 0.2) is 0 Å². The van der Waals surface area contributed by atoms with Crippen LogP contribution >= 0.6 is 0 Å². The number of nitrogens with two attached hydrogens (primary N) is 3. The Kier molecular flexibility index (Phi) is 11.9. The van der Waals surface area contributed by atoms with Gasteiger partial charge in [0.1, 0.15) is 24.7 Å². The van der Waals surface area contributed by atoms with Crippen molar-refractivity contribution in [1.29, 1.82) is 0 Å². The summed E-state index contributed by atoms with van der Waals surface area (Å²) in [6, 6.07) is 5.49. The summed E-state index contributed by atoms with van der Waals surface area (Å²) in [6.45, 7) is 3.63. The van der Waals surface area contributed by atoms with Crippen LogP contribution in [0.2, 0.25) is 0 Å². The Labute approximate surface area is 141 Å². The van der Waals surface area contributed by atoms with Gasteiger partial charge in [-0.15, -0.1) is 0 Å². The summed E-state index contributed by atoms with van der Waals surface area (Å²) in [7, 11) is 0. The van der Waals surface area contributed by atoms with Gasteiger partial charge < -0.3 is 34.4 Å². The third-order valence-corrected chi connectivity index (χ3v) is 2.92. The van der Waals surface area contributed by atoms with Gasteiger partial charge in [0.05, 0.1) is 39.6 Å². The van der Waals surface area contributed by atoms with E-state index in [1.54, 1.807) is 0 Å². The Balaban J connectivity index is 2.30. The normalized spacial score (nSPS) is 10.8. The maximum absolute atomic E-state index is 5.75. The predicted molar refractivity (Wildman–Crippen MR) is 87.2 cm³/mol. The maximum atomic E-state index is 5.75. The number of hydrogen-bond acceptors (Lipinski definition) is 9. The fourth-order valence-corrected chi connectivity index (χ4v) is 1.79. The zero-order valence-corrected chi connectivity index (χ0v) is 13.8. The molecule has 0 atom stereocenters. The molecule has 0 aromatic heterocycles. The Morgan fingerprint density at radius 1 is 0.708 bits per heavy atom. The van der Waals surface area contributed by atoms with Crippen LogP contribution in [0.4, 0.5) is 0 Å². The summed E-state index contributed by atoms with van der Waals surface area (Å²) >= 11 is 0. The lowest BCUT2D eigenvalue weighted by Crippen LogP contribution is -2.14. The summed E-state index contributed by atoms with van der Waals surface area (Å²) in [5, 5.41) is 0. The zero-order chi connectivity index (χ0) is 17.5. The second-order valence-corrected chi connectivity index (χ2v) is 4.64. The molecule has 0 spiro atoms. The molecule has 0 radical (unpaired) electrons. The van der Waals surface area contributed by atoms with Crippen LogP contribution in [0.25, 0.3) is 0 Å². The van der Waals surface area contributed by atoms with Crippen molar-refractivity contribution in [3.8, 4) is 11.5 Å². The minimum atomic E-state index is 0.346. The van der Waals surface area contributed by atoms with Crippen molar-refractivity contribution in [1.82, 2.24) is 0 Å². The zero-order valence-electron chi connectivity index (χ0n) is 13.8. The third-order valence-electron chi connectivity index (χ3n) is 2.92. The van der Waals surface area contributed by atoms with Crippen molar-refractivity contribution in [2.75, 3.05) is 52.9 Å². The first kappa shape index (κ1) is 20.6. The van der Waals surface area contributed by atoms with E-state index in [0.29, 0.717) is 70.9 Å². The van der Waals surface area contributed by atoms with Crippen molar-refractivity contribution in [2.45, 2.75) is 6.54 Å². The summed E-state index contributed by atoms with van der Waals surface area (Å²) in [5.41, 5.74) is 6.61. The van der Waals surface area contributed by atoms with E-state index in [1.807, 2.05) is 18.2 Å². The molecule has 1 rings (SSSR count). The minimum Gasteiger partial charge on any atom is -0.491 e. The largest absolute Gasteiger partial charge is 0.491 e. The van der Waals surface area contributed by atoms with Crippen LogP contribution in [-0.4, -0.2) is 52.9 Å². The molecule has 0 saturated carbocycles. The van der Waals surface area contributed by atoms with Crippen LogP contribution in [0.3, 0.4) is 0 Å². The van der Waals surface area contributed by atoms with Gasteiger partial charge in [-0.05, 0) is 18.2 Å². The molecular formula is C15H27N3O6. The van der Waals surface area contributed by atoms with E-state index in [0.717, 1.165) is 5.56 Å². The summed E-state index contributed by atoms with van der Waals surface area (Å²) in [6.07, 6.45) is 0. The third kappa shape index (κ3) is 8.99. The molecule has 0 heterocycles. The van der Waals surface area contributed by atoms with Gasteiger partial charge in [-0.3, -0.25) is 0 Å². The second kappa shape index (κ2) is 13.9. The summed E-state index contributed by atoms with van der Waals surface area (Å²) in [5.74, 6) is 11.2. The van der Waals surface area contributed by atoms with Gasteiger partial charge in [-0.2, -0.15) is 0 Å². The number of ether oxygens (including phenoxy) is 4. The highest BCUT2D eigenvalue weighted by Gasteiger charge is 2.05. The molecule has 9 heteroatoms. The molecule has 24 heavy (non-hydrogen) atoms. The molecule has 9 nitrogen and oxygen atoms in total. The van der Waals surface area contributed by atoms with Crippen LogP contribution < -0.4 is 27.0 Å². The molecule has 0 unspecified atom stereocenters. The monoisotopic (exact) mass is 345 g/mol. The fraction of sp³-hybridized carbons (Fsp3) is 0.600. The Hall–Kier alpha value is -1.46. The minimum absolute atomic E-state index is 0.346. The second-order valence-electron chi connectivity index (χ2n) is 4.64. The first-order valence-electron chi connectivity index (χ1n) is 7.69. The summed E-state index contributed by atoms with van der Waals surface area (Å²) in [4.78, 5) is 8.79. The van der Waals surface area contributed by atoms with Gasteiger partial charge >= 0.3 is 0 Å². The average Bonchev–Trinajstić information content (AvgIpc) is 2.61. The Morgan fingerprint density at radius 3 is 1.88 bits per heavy atom. The van der Waals surface area contributed by atoms with E-state index in [-0.39, 0.29) is 0 Å². The van der Waals surface area contributed by atoms with Crippen LogP contribution in [-0.2, 0) is 25.7 Å². The Morgan fingerprint density at radius 2 is 1.29 bits per heavy atom. The van der Waals surface area contributed by atoms with Crippen molar-refractivity contribution >= 4 is 0 Å². The van der Waals surface area contributed by atoms with Crippen LogP contribution in [0, 0.1) is 0 Å². The highest BCUT2D eigenvalue weighted by molar-refractivity contribution is 5.40. The van der Waals surface area contributed by atoms with Crippen molar-refractivity contribution in [3.63, 3.8) is 0 Å². The lowest BCUT2D eigenvalue weighted by molar-refractivity contribution is 0.0357. The van der Waals surface area contributed by atoms with E-state index in [1.165, 1.54) is 0 Å². The first-order valence-corrected chi connectivity index (χ1v) is 7.69. The molecular weight excluding hydrogens is 318 g/mol. The van der Waals surface area contributed by atoms with Crippen molar-refractivity contribution in [2.24, 2.45) is 17.5 Å². The lowest BCUT2D eigenvalue weighted by Gasteiger charge is -2.13. The van der Waals surface area contributed by atoms with Gasteiger partial charge in [0.25, 0.3) is 0 Å². The number of benzene rings is 1. The molecule has 0 amide bonds. The highest BCUT2D eigenvalue weighted by Crippen LogP contribution is 2.24. The van der Waals surface area contributed by atoms with Crippen LogP contribution in [0.15, 0.2) is 18.2 Å². The standard InChI is InChI=1S/C15H27N3O6/c16-12-13-11-14(21-7-3-19-5-9-23-17)1-2-15(13)22-8-4-20-6-10-24-18/h1-2,11H,3-10,12,16-18H2. The van der Waals surface area contributed by atoms with E-state index < -0.39 is 0 Å². The van der Waals surface area contributed by atoms with Crippen LogP contribution in [0.5, 0.6) is 11.5 Å². The van der Waals surface area contributed by atoms with Gasteiger partial charge in [0.2, 0.25) is 0 Å². The van der Waals surface area contributed by atoms with E-state index in [4.69, 9.17) is 36.5 Å². The molecule has 0 fully saturated rings. The molecule has 138 valence electrons. The molecule has 0 bridgehead atoms. The smallest absolute Gasteiger partial charge is 0.124 e. The number of hydrogen-bond donors (Lipinski definition) is 3. The van der Waals surface area contributed by atoms with Crippen molar-refractivity contribution < 1.29 is 28.6 Å². The molecule has 0 aliphatic rings. The Bertz CT molecular complexity index is 436. The van der Waals surface area contributed by atoms with E-state index in [9.17, 15) is 0 Å². The van der Waals surface area contributed by atoms with Gasteiger partial charge in [-0.25, -0.2) is 11.8 Å². The van der Waals surface area contributed by atoms with Gasteiger partial charge in [-0.1, -0.05) is 0 Å². The van der Waals surface area contributed by atoms with Crippen molar-refractivity contribution in [3.05, 3.63) is 23.8 Å². The predicted octanol–water partition coefficient (Wildman–Crippen LogP) is -0.283. The fourth-order valence-electron chi connectivity index (χ4n) is 1.79. The van der Waals surface area contributed by atoms with Gasteiger partial charge in [0, 0.05) is 12.1 Å². The summed E-state index contributed by atoms with van der Waals surface area (Å²) < 4.78 is 21.8. The molecule has 1 aromatic rings. The molecule has 1 aromatic carbocycles. The molecule has 0 saturated heterocycles. The topological polar surface area (TPSA) is 133 Å². The number of rotatable bonds is 15. The quantitative estimate of drug-likeness (QED) is 0.290. The maximum Gasteiger partial charge on any atom is 0.124 e. The van der Waals surface area contributed by atoms with Crippen LogP contribution in [0.1, 0.15) is 5.56 Å². The average molecular weight is 345 g/mol. The lowest BCUT2D eigenvalue weighted by atomic mass is 10.2. The van der Waals surface area contributed by atoms with E-state index in [2.05, 4.69) is 9.68 Å². The highest BCUT2D eigenvalue weighted by atomic mass is 16.6.